The molecule has 0 bridgehead atoms. The van der Waals surface area contributed by atoms with E-state index < -0.39 is 5.97 Å². The maximum Gasteiger partial charge on any atom is 0.303 e. The highest BCUT2D eigenvalue weighted by Gasteiger charge is 1.95. The third-order valence-electron chi connectivity index (χ3n) is 2.25. The first-order chi connectivity index (χ1) is 8.04. The van der Waals surface area contributed by atoms with Crippen LogP contribution in [-0.4, -0.2) is 30.2 Å². The van der Waals surface area contributed by atoms with Gasteiger partial charge in [0.05, 0.1) is 0 Å². The summed E-state index contributed by atoms with van der Waals surface area (Å²) >= 11 is 0. The highest BCUT2D eigenvalue weighted by Crippen LogP contribution is 2.07. The summed E-state index contributed by atoms with van der Waals surface area (Å²) < 4.78 is 0. The Bertz CT molecular complexity index is 164. The Hall–Kier alpha value is -0.650. The zero-order valence-electron chi connectivity index (χ0n) is 11.5. The Morgan fingerprint density at radius 3 is 1.88 bits per heavy atom. The Labute approximate surface area is 105 Å². The van der Waals surface area contributed by atoms with Gasteiger partial charge in [0.1, 0.15) is 0 Å². The zero-order chi connectivity index (χ0) is 13.5. The van der Waals surface area contributed by atoms with Crippen molar-refractivity contribution in [3.05, 3.63) is 0 Å². The molecule has 0 fully saturated rings. The van der Waals surface area contributed by atoms with E-state index in [-0.39, 0.29) is 0 Å². The fourth-order valence-corrected chi connectivity index (χ4v) is 1.23. The first-order valence-corrected chi connectivity index (χ1v) is 6.40. The van der Waals surface area contributed by atoms with E-state index >= 15 is 0 Å². The van der Waals surface area contributed by atoms with Gasteiger partial charge in [0.25, 0.3) is 0 Å². The molecule has 0 saturated carbocycles. The summed E-state index contributed by atoms with van der Waals surface area (Å²) in [6.45, 7) is 2.20. The van der Waals surface area contributed by atoms with Gasteiger partial charge in [-0.1, -0.05) is 45.4 Å². The number of hydrogen-bond donors (Lipinski definition) is 3. The van der Waals surface area contributed by atoms with Crippen molar-refractivity contribution in [1.82, 2.24) is 10.5 Å². The van der Waals surface area contributed by atoms with Gasteiger partial charge in [-0.05, 0) is 6.42 Å². The van der Waals surface area contributed by atoms with Crippen molar-refractivity contribution in [2.75, 3.05) is 14.1 Å². The molecule has 4 N–H and O–H groups in total. The number of hydrogen-bond acceptors (Lipinski definition) is 4. The van der Waals surface area contributed by atoms with Gasteiger partial charge in [0, 0.05) is 20.5 Å². The topological polar surface area (TPSA) is 78.6 Å². The quantitative estimate of drug-likeness (QED) is 0.330. The number of hydrazine groups is 2. The molecule has 104 valence electrons. The SMILES string of the molecule is CCCCCCCCCC(=O)O.CN(C)NN. The molecule has 0 aromatic carbocycles. The summed E-state index contributed by atoms with van der Waals surface area (Å²) in [5, 5.41) is 10.0. The average molecular weight is 247 g/mol. The number of rotatable bonds is 9. The molecule has 0 spiro atoms. The van der Waals surface area contributed by atoms with Gasteiger partial charge in [-0.3, -0.25) is 10.6 Å². The maximum absolute atomic E-state index is 10.1. The lowest BCUT2D eigenvalue weighted by molar-refractivity contribution is -0.137. The lowest BCUT2D eigenvalue weighted by atomic mass is 10.1. The fraction of sp³-hybridized carbons (Fsp3) is 0.917. The molecule has 5 nitrogen and oxygen atoms in total. The van der Waals surface area contributed by atoms with E-state index in [0.29, 0.717) is 6.42 Å². The molecular weight excluding hydrogens is 218 g/mol. The molecule has 0 aromatic rings. The van der Waals surface area contributed by atoms with Crippen LogP contribution in [0, 0.1) is 0 Å². The van der Waals surface area contributed by atoms with Gasteiger partial charge in [-0.25, -0.2) is 5.01 Å². The van der Waals surface area contributed by atoms with E-state index in [9.17, 15) is 4.79 Å². The van der Waals surface area contributed by atoms with Gasteiger partial charge in [0.15, 0.2) is 0 Å². The van der Waals surface area contributed by atoms with E-state index in [1.807, 2.05) is 14.1 Å². The van der Waals surface area contributed by atoms with Gasteiger partial charge >= 0.3 is 5.97 Å². The lowest BCUT2D eigenvalue weighted by Gasteiger charge is -2.02. The second kappa shape index (κ2) is 15.4. The van der Waals surface area contributed by atoms with Crippen LogP contribution in [0.4, 0.5) is 0 Å². The van der Waals surface area contributed by atoms with Gasteiger partial charge in [0.2, 0.25) is 0 Å². The van der Waals surface area contributed by atoms with Gasteiger partial charge in [-0.2, -0.15) is 5.53 Å². The van der Waals surface area contributed by atoms with Crippen molar-refractivity contribution in [3.63, 3.8) is 0 Å². The number of carboxylic acid groups (broad SMARTS) is 1. The van der Waals surface area contributed by atoms with Crippen LogP contribution in [-0.2, 0) is 4.79 Å². The number of nitrogens with two attached hydrogens (primary N) is 1. The summed E-state index contributed by atoms with van der Waals surface area (Å²) in [5.41, 5.74) is 2.36. The molecule has 0 aliphatic rings. The first-order valence-electron chi connectivity index (χ1n) is 6.40. The van der Waals surface area contributed by atoms with Crippen molar-refractivity contribution in [2.24, 2.45) is 5.84 Å². The Morgan fingerprint density at radius 2 is 1.53 bits per heavy atom. The van der Waals surface area contributed by atoms with Crippen LogP contribution in [0.25, 0.3) is 0 Å². The number of carboxylic acids is 1. The second-order valence-electron chi connectivity index (χ2n) is 4.29. The standard InChI is InChI=1S/C10H20O2.C2H9N3/c1-2-3-4-5-6-7-8-9-10(11)12;1-5(2)4-3/h2-9H2,1H3,(H,11,12);4H,3H2,1-2H3. The van der Waals surface area contributed by atoms with Crippen LogP contribution < -0.4 is 11.4 Å². The highest BCUT2D eigenvalue weighted by atomic mass is 16.4. The Balaban J connectivity index is 0. The van der Waals surface area contributed by atoms with Gasteiger partial charge in [-0.15, -0.1) is 0 Å². The third kappa shape index (κ3) is 25.5. The number of aliphatic carboxylic acids is 1. The molecule has 5 heteroatoms. The van der Waals surface area contributed by atoms with Crippen molar-refractivity contribution in [2.45, 2.75) is 58.3 Å². The number of nitrogens with zero attached hydrogens (tertiary/aromatic N) is 1. The molecule has 0 aliphatic heterocycles. The van der Waals surface area contributed by atoms with E-state index in [1.165, 1.54) is 32.1 Å². The van der Waals surface area contributed by atoms with Crippen LogP contribution in [0.5, 0.6) is 0 Å². The van der Waals surface area contributed by atoms with Gasteiger partial charge < -0.3 is 5.11 Å². The van der Waals surface area contributed by atoms with Crippen LogP contribution in [0.15, 0.2) is 0 Å². The van der Waals surface area contributed by atoms with Crippen LogP contribution in [0.2, 0.25) is 0 Å². The average Bonchev–Trinajstić information content (AvgIpc) is 2.28. The molecule has 17 heavy (non-hydrogen) atoms. The van der Waals surface area contributed by atoms with E-state index in [2.05, 4.69) is 12.5 Å². The predicted octanol–water partition coefficient (Wildman–Crippen LogP) is 2.14. The summed E-state index contributed by atoms with van der Waals surface area (Å²) in [4.78, 5) is 10.1. The number of unbranched alkanes of at least 4 members (excludes halogenated alkanes) is 6. The van der Waals surface area contributed by atoms with Crippen molar-refractivity contribution < 1.29 is 9.90 Å². The molecule has 0 radical (unpaired) electrons. The Kier molecular flexibility index (Phi) is 16.9. The smallest absolute Gasteiger partial charge is 0.303 e. The van der Waals surface area contributed by atoms with Crippen LogP contribution >= 0.6 is 0 Å². The lowest BCUT2D eigenvalue weighted by Crippen LogP contribution is -2.36. The van der Waals surface area contributed by atoms with Crippen molar-refractivity contribution in [1.29, 1.82) is 0 Å². The predicted molar refractivity (Wildman–Crippen MR) is 71.3 cm³/mol. The Morgan fingerprint density at radius 1 is 1.12 bits per heavy atom. The minimum absolute atomic E-state index is 0.341. The summed E-state index contributed by atoms with van der Waals surface area (Å²) in [7, 11) is 3.64. The molecule has 0 aromatic heterocycles. The fourth-order valence-electron chi connectivity index (χ4n) is 1.23. The largest absolute Gasteiger partial charge is 0.481 e. The molecule has 0 unspecified atom stereocenters. The van der Waals surface area contributed by atoms with Crippen molar-refractivity contribution in [3.8, 4) is 0 Å². The first kappa shape index (κ1) is 18.7. The number of nitrogens with one attached hydrogen (secondary N) is 1. The molecule has 0 saturated heterocycles. The molecule has 0 aliphatic carbocycles. The second-order valence-corrected chi connectivity index (χ2v) is 4.29. The van der Waals surface area contributed by atoms with Crippen LogP contribution in [0.1, 0.15) is 58.3 Å². The zero-order valence-corrected chi connectivity index (χ0v) is 11.5. The van der Waals surface area contributed by atoms with E-state index in [4.69, 9.17) is 10.9 Å². The minimum atomic E-state index is -0.663. The minimum Gasteiger partial charge on any atom is -0.481 e. The third-order valence-corrected chi connectivity index (χ3v) is 2.25. The maximum atomic E-state index is 10.1. The summed E-state index contributed by atoms with van der Waals surface area (Å²) in [5.74, 6) is 4.18. The summed E-state index contributed by atoms with van der Waals surface area (Å²) in [6, 6.07) is 0. The molecule has 0 amide bonds. The van der Waals surface area contributed by atoms with Crippen molar-refractivity contribution >= 4 is 5.97 Å². The van der Waals surface area contributed by atoms with E-state index in [0.717, 1.165) is 12.8 Å². The summed E-state index contributed by atoms with van der Waals surface area (Å²) in [6.07, 6.45) is 8.64. The highest BCUT2D eigenvalue weighted by molar-refractivity contribution is 5.66. The molecule has 0 heterocycles. The monoisotopic (exact) mass is 247 g/mol. The molecular formula is C12H29N3O2. The molecule has 0 atom stereocenters. The normalized spacial score (nSPS) is 9.94. The van der Waals surface area contributed by atoms with E-state index in [1.54, 1.807) is 5.01 Å². The molecule has 0 rings (SSSR count). The van der Waals surface area contributed by atoms with Crippen LogP contribution in [0.3, 0.4) is 0 Å². The number of carbonyl (C=O) groups is 1.